The summed E-state index contributed by atoms with van der Waals surface area (Å²) in [6.07, 6.45) is 4.02. The average Bonchev–Trinajstić information content (AvgIpc) is 2.78. The molecular weight excluding hydrogens is 212 g/mol. The van der Waals surface area contributed by atoms with Crippen LogP contribution < -0.4 is 0 Å². The largest absolute Gasteiger partial charge is 0.367 e. The molecule has 0 amide bonds. The lowest BCUT2D eigenvalue weighted by molar-refractivity contribution is 0.0213. The summed E-state index contributed by atoms with van der Waals surface area (Å²) in [5.74, 6) is 0.123. The van der Waals surface area contributed by atoms with Crippen LogP contribution in [-0.2, 0) is 11.2 Å². The van der Waals surface area contributed by atoms with Crippen molar-refractivity contribution in [1.82, 2.24) is 0 Å². The Morgan fingerprint density at radius 1 is 1.35 bits per heavy atom. The minimum atomic E-state index is -0.591. The molecule has 0 spiro atoms. The van der Waals surface area contributed by atoms with Gasteiger partial charge in [0, 0.05) is 12.2 Å². The number of rotatable bonds is 4. The number of aryl methyl sites for hydroxylation is 1. The number of hydrogen-bond donors (Lipinski definition) is 0. The van der Waals surface area contributed by atoms with Crippen molar-refractivity contribution < 1.29 is 9.53 Å². The van der Waals surface area contributed by atoms with E-state index in [4.69, 9.17) is 4.74 Å². The van der Waals surface area contributed by atoms with Gasteiger partial charge in [0.05, 0.1) is 0 Å². The number of ether oxygens (including phenoxy) is 1. The molecule has 17 heavy (non-hydrogen) atoms. The summed E-state index contributed by atoms with van der Waals surface area (Å²) in [5.41, 5.74) is 1.47. The molecule has 1 atom stereocenters. The fourth-order valence-corrected chi connectivity index (χ4v) is 2.37. The number of carbonyl (C=O) groups excluding carboxylic acids is 1. The molecule has 1 aromatic carbocycles. The quantitative estimate of drug-likeness (QED) is 0.744. The van der Waals surface area contributed by atoms with Gasteiger partial charge in [-0.2, -0.15) is 0 Å². The van der Waals surface area contributed by atoms with E-state index in [2.05, 4.69) is 19.1 Å². The van der Waals surface area contributed by atoms with Crippen molar-refractivity contribution in [2.75, 3.05) is 6.61 Å². The van der Waals surface area contributed by atoms with Gasteiger partial charge >= 0.3 is 0 Å². The molecule has 1 aromatic rings. The molecule has 0 aromatic heterocycles. The maximum Gasteiger partial charge on any atom is 0.194 e. The van der Waals surface area contributed by atoms with Crippen LogP contribution in [0.25, 0.3) is 0 Å². The Labute approximate surface area is 103 Å². The lowest BCUT2D eigenvalue weighted by atomic mass is 9.91. The second kappa shape index (κ2) is 5.01. The number of Topliss-reactive ketones (excluding diaryl/α,β-unsaturated/α-hetero) is 1. The minimum Gasteiger partial charge on any atom is -0.367 e. The maximum atomic E-state index is 12.3. The molecule has 1 unspecified atom stereocenters. The highest BCUT2D eigenvalue weighted by Crippen LogP contribution is 2.29. The minimum absolute atomic E-state index is 0.123. The highest BCUT2D eigenvalue weighted by molar-refractivity contribution is 6.02. The van der Waals surface area contributed by atoms with Gasteiger partial charge in [0.25, 0.3) is 0 Å². The third-order valence-electron chi connectivity index (χ3n) is 3.45. The fourth-order valence-electron chi connectivity index (χ4n) is 2.37. The van der Waals surface area contributed by atoms with Crippen LogP contribution in [0.2, 0.25) is 0 Å². The predicted molar refractivity (Wildman–Crippen MR) is 68.4 cm³/mol. The Hall–Kier alpha value is -1.15. The zero-order valence-corrected chi connectivity index (χ0v) is 10.7. The van der Waals surface area contributed by atoms with Gasteiger partial charge in [-0.3, -0.25) is 4.79 Å². The number of hydrogen-bond acceptors (Lipinski definition) is 2. The summed E-state index contributed by atoms with van der Waals surface area (Å²) in [4.78, 5) is 12.3. The Balaban J connectivity index is 2.14. The first kappa shape index (κ1) is 12.3. The third kappa shape index (κ3) is 2.58. The van der Waals surface area contributed by atoms with Crippen LogP contribution in [0.15, 0.2) is 24.3 Å². The molecule has 0 radical (unpaired) electrons. The smallest absolute Gasteiger partial charge is 0.194 e. The van der Waals surface area contributed by atoms with Crippen molar-refractivity contribution in [2.45, 2.75) is 45.1 Å². The van der Waals surface area contributed by atoms with Crippen molar-refractivity contribution in [3.05, 3.63) is 35.4 Å². The highest BCUT2D eigenvalue weighted by Gasteiger charge is 2.37. The SMILES string of the molecule is CCCc1ccc(C(=O)C2(C)CCCO2)cc1. The highest BCUT2D eigenvalue weighted by atomic mass is 16.5. The van der Waals surface area contributed by atoms with E-state index in [1.165, 1.54) is 5.56 Å². The van der Waals surface area contributed by atoms with Gasteiger partial charge in [-0.05, 0) is 31.7 Å². The number of carbonyl (C=O) groups is 1. The van der Waals surface area contributed by atoms with E-state index in [1.54, 1.807) is 0 Å². The summed E-state index contributed by atoms with van der Waals surface area (Å²) < 4.78 is 5.58. The molecule has 0 N–H and O–H groups in total. The van der Waals surface area contributed by atoms with Crippen molar-refractivity contribution in [2.24, 2.45) is 0 Å². The van der Waals surface area contributed by atoms with E-state index in [-0.39, 0.29) is 5.78 Å². The van der Waals surface area contributed by atoms with Crippen LogP contribution in [0.1, 0.15) is 49.0 Å². The zero-order valence-electron chi connectivity index (χ0n) is 10.7. The van der Waals surface area contributed by atoms with E-state index in [0.29, 0.717) is 6.61 Å². The average molecular weight is 232 g/mol. The van der Waals surface area contributed by atoms with Crippen LogP contribution >= 0.6 is 0 Å². The van der Waals surface area contributed by atoms with Crippen molar-refractivity contribution in [1.29, 1.82) is 0 Å². The first-order chi connectivity index (χ1) is 8.15. The van der Waals surface area contributed by atoms with Gasteiger partial charge in [0.2, 0.25) is 0 Å². The Bertz CT molecular complexity index is 386. The van der Waals surface area contributed by atoms with Crippen LogP contribution in [0.3, 0.4) is 0 Å². The second-order valence-corrected chi connectivity index (χ2v) is 4.96. The lowest BCUT2D eigenvalue weighted by Crippen LogP contribution is -2.34. The molecule has 92 valence electrons. The van der Waals surface area contributed by atoms with E-state index in [1.807, 2.05) is 19.1 Å². The van der Waals surface area contributed by atoms with Crippen molar-refractivity contribution in [3.8, 4) is 0 Å². The van der Waals surface area contributed by atoms with Gasteiger partial charge in [0.1, 0.15) is 5.60 Å². The molecule has 0 aliphatic carbocycles. The zero-order chi connectivity index (χ0) is 12.3. The summed E-state index contributed by atoms with van der Waals surface area (Å²) in [6.45, 7) is 4.77. The molecule has 1 aliphatic rings. The van der Waals surface area contributed by atoms with Crippen LogP contribution in [0, 0.1) is 0 Å². The second-order valence-electron chi connectivity index (χ2n) is 4.96. The third-order valence-corrected chi connectivity index (χ3v) is 3.45. The summed E-state index contributed by atoms with van der Waals surface area (Å²) >= 11 is 0. The van der Waals surface area contributed by atoms with Crippen molar-refractivity contribution >= 4 is 5.78 Å². The first-order valence-electron chi connectivity index (χ1n) is 6.43. The molecule has 1 fully saturated rings. The van der Waals surface area contributed by atoms with Gasteiger partial charge in [-0.1, -0.05) is 37.6 Å². The molecule has 0 saturated carbocycles. The standard InChI is InChI=1S/C15H20O2/c1-3-5-12-6-8-13(9-7-12)14(16)15(2)10-4-11-17-15/h6-9H,3-5,10-11H2,1-2H3. The van der Waals surface area contributed by atoms with Crippen LogP contribution in [-0.4, -0.2) is 18.0 Å². The normalized spacial score (nSPS) is 23.9. The number of ketones is 1. The van der Waals surface area contributed by atoms with E-state index in [0.717, 1.165) is 31.2 Å². The van der Waals surface area contributed by atoms with E-state index < -0.39 is 5.60 Å². The molecule has 2 nitrogen and oxygen atoms in total. The van der Waals surface area contributed by atoms with E-state index in [9.17, 15) is 4.79 Å². The Morgan fingerprint density at radius 3 is 2.59 bits per heavy atom. The molecular formula is C15H20O2. The lowest BCUT2D eigenvalue weighted by Gasteiger charge is -2.21. The van der Waals surface area contributed by atoms with Gasteiger partial charge in [0.15, 0.2) is 5.78 Å². The Morgan fingerprint density at radius 2 is 2.06 bits per heavy atom. The predicted octanol–water partition coefficient (Wildman–Crippen LogP) is 3.39. The van der Waals surface area contributed by atoms with Crippen LogP contribution in [0.4, 0.5) is 0 Å². The van der Waals surface area contributed by atoms with Gasteiger partial charge in [-0.25, -0.2) is 0 Å². The summed E-state index contributed by atoms with van der Waals surface area (Å²) in [5, 5.41) is 0. The molecule has 2 rings (SSSR count). The molecule has 2 heteroatoms. The first-order valence-corrected chi connectivity index (χ1v) is 6.43. The maximum absolute atomic E-state index is 12.3. The van der Waals surface area contributed by atoms with Crippen molar-refractivity contribution in [3.63, 3.8) is 0 Å². The Kier molecular flexibility index (Phi) is 3.63. The summed E-state index contributed by atoms with van der Waals surface area (Å²) in [6, 6.07) is 7.96. The number of benzene rings is 1. The van der Waals surface area contributed by atoms with E-state index >= 15 is 0 Å². The summed E-state index contributed by atoms with van der Waals surface area (Å²) in [7, 11) is 0. The molecule has 1 saturated heterocycles. The fraction of sp³-hybridized carbons (Fsp3) is 0.533. The molecule has 1 aliphatic heterocycles. The monoisotopic (exact) mass is 232 g/mol. The molecule has 1 heterocycles. The topological polar surface area (TPSA) is 26.3 Å². The van der Waals surface area contributed by atoms with Crippen LogP contribution in [0.5, 0.6) is 0 Å². The van der Waals surface area contributed by atoms with Gasteiger partial charge in [-0.15, -0.1) is 0 Å². The molecule has 0 bridgehead atoms. The van der Waals surface area contributed by atoms with Gasteiger partial charge < -0.3 is 4.74 Å².